The van der Waals surface area contributed by atoms with Crippen LogP contribution in [-0.4, -0.2) is 25.5 Å². The number of benzene rings is 1. The summed E-state index contributed by atoms with van der Waals surface area (Å²) in [5, 5.41) is 6.36. The molecule has 6 heteroatoms. The summed E-state index contributed by atoms with van der Waals surface area (Å²) in [6.07, 6.45) is 0.373. The molecule has 0 aromatic heterocycles. The van der Waals surface area contributed by atoms with Gasteiger partial charge in [-0.25, -0.2) is 0 Å². The zero-order valence-electron chi connectivity index (χ0n) is 14.1. The first-order valence-electron chi connectivity index (χ1n) is 9.01. The second kappa shape index (κ2) is 5.73. The quantitative estimate of drug-likeness (QED) is 0.873. The maximum absolute atomic E-state index is 12.9. The summed E-state index contributed by atoms with van der Waals surface area (Å²) >= 11 is 0. The number of rotatable bonds is 4. The average Bonchev–Trinajstić information content (AvgIpc) is 3.50. The normalized spacial score (nSPS) is 26.3. The summed E-state index contributed by atoms with van der Waals surface area (Å²) in [6.45, 7) is 2.38. The van der Waals surface area contributed by atoms with E-state index >= 15 is 0 Å². The molecule has 25 heavy (non-hydrogen) atoms. The molecule has 0 bridgehead atoms. The molecular weight excluding hydrogens is 329 g/mol. The van der Waals surface area contributed by atoms with Gasteiger partial charge in [0.05, 0.1) is 5.56 Å². The SMILES string of the molecule is O=C(NCC1(c2cccc(C(F)(F)F)c2)CC1)C1CC12CCNCC2. The number of piperidine rings is 1. The highest BCUT2D eigenvalue weighted by atomic mass is 19.4. The van der Waals surface area contributed by atoms with E-state index in [-0.39, 0.29) is 22.7 Å². The van der Waals surface area contributed by atoms with Gasteiger partial charge in [0.15, 0.2) is 0 Å². The molecule has 3 fully saturated rings. The number of nitrogens with one attached hydrogen (secondary N) is 2. The summed E-state index contributed by atoms with van der Waals surface area (Å²) in [5.41, 5.74) is -0.0523. The van der Waals surface area contributed by atoms with E-state index in [1.807, 2.05) is 0 Å². The van der Waals surface area contributed by atoms with Crippen LogP contribution >= 0.6 is 0 Å². The van der Waals surface area contributed by atoms with Gasteiger partial charge >= 0.3 is 6.18 Å². The lowest BCUT2D eigenvalue weighted by atomic mass is 9.91. The van der Waals surface area contributed by atoms with Crippen molar-refractivity contribution in [1.82, 2.24) is 10.6 Å². The van der Waals surface area contributed by atoms with E-state index in [1.165, 1.54) is 12.1 Å². The Bertz CT molecular complexity index is 675. The first-order valence-corrected chi connectivity index (χ1v) is 9.01. The van der Waals surface area contributed by atoms with Crippen LogP contribution < -0.4 is 10.6 Å². The molecule has 4 rings (SSSR count). The van der Waals surface area contributed by atoms with Crippen molar-refractivity contribution in [3.8, 4) is 0 Å². The highest BCUT2D eigenvalue weighted by Gasteiger charge is 2.58. The number of carbonyl (C=O) groups is 1. The number of alkyl halides is 3. The lowest BCUT2D eigenvalue weighted by Crippen LogP contribution is -2.36. The highest BCUT2D eigenvalue weighted by Crippen LogP contribution is 2.58. The van der Waals surface area contributed by atoms with Crippen molar-refractivity contribution < 1.29 is 18.0 Å². The van der Waals surface area contributed by atoms with Crippen molar-refractivity contribution >= 4 is 5.91 Å². The monoisotopic (exact) mass is 352 g/mol. The van der Waals surface area contributed by atoms with Crippen LogP contribution in [0.1, 0.15) is 43.2 Å². The molecule has 1 spiro atoms. The van der Waals surface area contributed by atoms with Crippen LogP contribution in [0.4, 0.5) is 13.2 Å². The van der Waals surface area contributed by atoms with Gasteiger partial charge in [-0.1, -0.05) is 18.2 Å². The van der Waals surface area contributed by atoms with Gasteiger partial charge in [0.25, 0.3) is 0 Å². The summed E-state index contributed by atoms with van der Waals surface area (Å²) < 4.78 is 38.8. The number of hydrogen-bond acceptors (Lipinski definition) is 2. The maximum Gasteiger partial charge on any atom is 0.416 e. The molecule has 2 N–H and O–H groups in total. The molecule has 3 aliphatic rings. The largest absolute Gasteiger partial charge is 0.416 e. The Morgan fingerprint density at radius 2 is 1.92 bits per heavy atom. The van der Waals surface area contributed by atoms with E-state index in [9.17, 15) is 18.0 Å². The smallest absolute Gasteiger partial charge is 0.355 e. The lowest BCUT2D eigenvalue weighted by molar-refractivity contribution is -0.137. The molecule has 1 aromatic carbocycles. The number of halogens is 3. The van der Waals surface area contributed by atoms with Crippen LogP contribution in [0.2, 0.25) is 0 Å². The topological polar surface area (TPSA) is 41.1 Å². The van der Waals surface area contributed by atoms with E-state index in [1.54, 1.807) is 6.07 Å². The first kappa shape index (κ1) is 16.9. The zero-order valence-corrected chi connectivity index (χ0v) is 14.1. The predicted octanol–water partition coefficient (Wildman–Crippen LogP) is 3.24. The van der Waals surface area contributed by atoms with E-state index in [0.717, 1.165) is 51.3 Å². The Morgan fingerprint density at radius 1 is 1.20 bits per heavy atom. The fourth-order valence-electron chi connectivity index (χ4n) is 4.32. The van der Waals surface area contributed by atoms with E-state index in [4.69, 9.17) is 0 Å². The van der Waals surface area contributed by atoms with Crippen molar-refractivity contribution in [2.24, 2.45) is 11.3 Å². The van der Waals surface area contributed by atoms with E-state index in [0.29, 0.717) is 12.1 Å². The van der Waals surface area contributed by atoms with Gasteiger partial charge in [-0.3, -0.25) is 4.79 Å². The third-order valence-electron chi connectivity index (χ3n) is 6.36. The van der Waals surface area contributed by atoms with Crippen molar-refractivity contribution in [3.05, 3.63) is 35.4 Å². The highest BCUT2D eigenvalue weighted by molar-refractivity contribution is 5.82. The number of amides is 1. The Kier molecular flexibility index (Phi) is 3.87. The van der Waals surface area contributed by atoms with Gasteiger partial charge < -0.3 is 10.6 Å². The Hall–Kier alpha value is -1.56. The molecule has 2 aliphatic carbocycles. The second-order valence-electron chi connectivity index (χ2n) is 7.95. The molecule has 1 heterocycles. The minimum atomic E-state index is -4.33. The molecule has 0 radical (unpaired) electrons. The fourth-order valence-corrected chi connectivity index (χ4v) is 4.32. The number of carbonyl (C=O) groups excluding carboxylic acids is 1. The van der Waals surface area contributed by atoms with Gasteiger partial charge in [-0.2, -0.15) is 13.2 Å². The van der Waals surface area contributed by atoms with E-state index in [2.05, 4.69) is 10.6 Å². The molecule has 1 aliphatic heterocycles. The van der Waals surface area contributed by atoms with Crippen LogP contribution in [0, 0.1) is 11.3 Å². The fraction of sp³-hybridized carbons (Fsp3) is 0.632. The molecule has 1 saturated heterocycles. The van der Waals surface area contributed by atoms with Crippen LogP contribution in [0.15, 0.2) is 24.3 Å². The summed E-state index contributed by atoms with van der Waals surface area (Å²) in [6, 6.07) is 5.55. The van der Waals surface area contributed by atoms with Gasteiger partial charge in [0, 0.05) is 17.9 Å². The molecule has 1 aromatic rings. The summed E-state index contributed by atoms with van der Waals surface area (Å²) in [4.78, 5) is 12.5. The van der Waals surface area contributed by atoms with Crippen LogP contribution in [0.25, 0.3) is 0 Å². The molecule has 1 amide bonds. The molecular formula is C19H23F3N2O. The number of hydrogen-bond donors (Lipinski definition) is 2. The molecule has 1 unspecified atom stereocenters. The van der Waals surface area contributed by atoms with Crippen LogP contribution in [-0.2, 0) is 16.4 Å². The maximum atomic E-state index is 12.9. The summed E-state index contributed by atoms with van der Waals surface area (Å²) in [5.74, 6) is 0.173. The second-order valence-corrected chi connectivity index (χ2v) is 7.95. The van der Waals surface area contributed by atoms with Gasteiger partial charge in [-0.05, 0) is 62.2 Å². The minimum Gasteiger partial charge on any atom is -0.355 e. The molecule has 2 saturated carbocycles. The third-order valence-corrected chi connectivity index (χ3v) is 6.36. The van der Waals surface area contributed by atoms with Crippen molar-refractivity contribution in [1.29, 1.82) is 0 Å². The lowest BCUT2D eigenvalue weighted by Gasteiger charge is -2.24. The van der Waals surface area contributed by atoms with Gasteiger partial charge in [0.2, 0.25) is 5.91 Å². The van der Waals surface area contributed by atoms with Gasteiger partial charge in [0.1, 0.15) is 0 Å². The Labute approximate surface area is 145 Å². The standard InChI is InChI=1S/C19H23F3N2O/c20-19(21,22)14-3-1-2-13(10-14)18(4-5-18)12-24-16(25)15-11-17(15)6-8-23-9-7-17/h1-3,10,15,23H,4-9,11-12H2,(H,24,25). The van der Waals surface area contributed by atoms with Crippen LogP contribution in [0.3, 0.4) is 0 Å². The van der Waals surface area contributed by atoms with E-state index < -0.39 is 11.7 Å². The summed E-state index contributed by atoms with van der Waals surface area (Å²) in [7, 11) is 0. The Balaban J connectivity index is 1.39. The first-order chi connectivity index (χ1) is 11.8. The predicted molar refractivity (Wildman–Crippen MR) is 88.0 cm³/mol. The Morgan fingerprint density at radius 3 is 2.56 bits per heavy atom. The molecule has 136 valence electrons. The molecule has 3 nitrogen and oxygen atoms in total. The average molecular weight is 352 g/mol. The zero-order chi connectivity index (χ0) is 17.7. The van der Waals surface area contributed by atoms with Crippen LogP contribution in [0.5, 0.6) is 0 Å². The van der Waals surface area contributed by atoms with Gasteiger partial charge in [-0.15, -0.1) is 0 Å². The third kappa shape index (κ3) is 3.16. The molecule has 1 atom stereocenters. The van der Waals surface area contributed by atoms with Crippen molar-refractivity contribution in [2.45, 2.75) is 43.7 Å². The van der Waals surface area contributed by atoms with Crippen molar-refractivity contribution in [3.63, 3.8) is 0 Å². The minimum absolute atomic E-state index is 0.0835. The van der Waals surface area contributed by atoms with Crippen molar-refractivity contribution in [2.75, 3.05) is 19.6 Å².